The Morgan fingerprint density at radius 2 is 2.14 bits per heavy atom. The minimum Gasteiger partial charge on any atom is -0.335 e. The van der Waals surface area contributed by atoms with Gasteiger partial charge in [-0.05, 0) is 33.3 Å². The van der Waals surface area contributed by atoms with Crippen LogP contribution in [-0.2, 0) is 4.79 Å². The van der Waals surface area contributed by atoms with Crippen molar-refractivity contribution in [2.45, 2.75) is 44.2 Å². The number of rotatable bonds is 3. The van der Waals surface area contributed by atoms with Gasteiger partial charge in [-0.1, -0.05) is 0 Å². The SMILES string of the molecule is [CH2][C@@H]1CCN1C(=O)C(C#N)=CC(C)(C)N1CCC(F)(F)C1. The normalized spacial score (nSPS) is 26.4. The molecule has 0 N–H and O–H groups in total. The molecule has 2 fully saturated rings. The molecule has 2 heterocycles. The number of amides is 1. The first-order valence-corrected chi connectivity index (χ1v) is 7.06. The Bertz CT molecular complexity index is 508. The van der Waals surface area contributed by atoms with Gasteiger partial charge in [-0.3, -0.25) is 9.69 Å². The molecule has 2 aliphatic heterocycles. The summed E-state index contributed by atoms with van der Waals surface area (Å²) in [4.78, 5) is 15.4. The minimum absolute atomic E-state index is 0.00330. The van der Waals surface area contributed by atoms with Gasteiger partial charge in [0.25, 0.3) is 11.8 Å². The highest BCUT2D eigenvalue weighted by Crippen LogP contribution is 2.33. The third-order valence-corrected chi connectivity index (χ3v) is 4.24. The molecule has 1 atom stereocenters. The van der Waals surface area contributed by atoms with E-state index in [1.165, 1.54) is 11.0 Å². The minimum atomic E-state index is -2.70. The van der Waals surface area contributed by atoms with E-state index >= 15 is 0 Å². The molecule has 4 nitrogen and oxygen atoms in total. The van der Waals surface area contributed by atoms with Crippen LogP contribution in [0.3, 0.4) is 0 Å². The lowest BCUT2D eigenvalue weighted by molar-refractivity contribution is -0.132. The van der Waals surface area contributed by atoms with Crippen molar-refractivity contribution < 1.29 is 13.6 Å². The zero-order valence-corrected chi connectivity index (χ0v) is 12.4. The molecule has 6 heteroatoms. The third kappa shape index (κ3) is 3.24. The predicted octanol–water partition coefficient (Wildman–Crippen LogP) is 1.99. The van der Waals surface area contributed by atoms with Crippen molar-refractivity contribution in [3.63, 3.8) is 0 Å². The van der Waals surface area contributed by atoms with Crippen LogP contribution in [0.5, 0.6) is 0 Å². The number of hydrogen-bond donors (Lipinski definition) is 0. The third-order valence-electron chi connectivity index (χ3n) is 4.24. The average Bonchev–Trinajstić information content (AvgIpc) is 2.75. The van der Waals surface area contributed by atoms with E-state index in [-0.39, 0.29) is 37.0 Å². The highest BCUT2D eigenvalue weighted by Gasteiger charge is 2.43. The van der Waals surface area contributed by atoms with Crippen molar-refractivity contribution in [3.8, 4) is 6.07 Å². The van der Waals surface area contributed by atoms with Gasteiger partial charge in [-0.2, -0.15) is 5.26 Å². The van der Waals surface area contributed by atoms with Crippen LogP contribution in [0.1, 0.15) is 26.7 Å². The molecular formula is C15H20F2N3O. The standard InChI is InChI=1S/C15H20F2N3O/c1-11-4-6-20(11)13(21)12(9-18)8-14(2,3)19-7-5-15(16,17)10-19/h8,11H,1,4-7,10H2,2-3H3/t11-/m1/s1. The Labute approximate surface area is 124 Å². The molecule has 1 radical (unpaired) electrons. The molecule has 115 valence electrons. The quantitative estimate of drug-likeness (QED) is 0.591. The number of nitriles is 1. The molecule has 0 aromatic heterocycles. The van der Waals surface area contributed by atoms with Crippen LogP contribution in [0, 0.1) is 18.3 Å². The van der Waals surface area contributed by atoms with Crippen LogP contribution in [0.25, 0.3) is 0 Å². The van der Waals surface area contributed by atoms with Crippen LogP contribution in [0.2, 0.25) is 0 Å². The number of carbonyl (C=O) groups is 1. The van der Waals surface area contributed by atoms with E-state index < -0.39 is 11.5 Å². The Kier molecular flexibility index (Phi) is 4.07. The lowest BCUT2D eigenvalue weighted by atomic mass is 9.97. The maximum absolute atomic E-state index is 13.3. The molecule has 0 bridgehead atoms. The van der Waals surface area contributed by atoms with Gasteiger partial charge in [-0.15, -0.1) is 0 Å². The molecule has 0 aromatic rings. The summed E-state index contributed by atoms with van der Waals surface area (Å²) >= 11 is 0. The monoisotopic (exact) mass is 296 g/mol. The molecule has 2 aliphatic rings. The maximum Gasteiger partial charge on any atom is 0.264 e. The predicted molar refractivity (Wildman–Crippen MR) is 74.4 cm³/mol. The van der Waals surface area contributed by atoms with Crippen molar-refractivity contribution in [1.82, 2.24) is 9.80 Å². The first-order chi connectivity index (χ1) is 9.66. The number of nitrogens with zero attached hydrogens (tertiary/aromatic N) is 3. The molecule has 0 saturated carbocycles. The smallest absolute Gasteiger partial charge is 0.264 e. The molecule has 21 heavy (non-hydrogen) atoms. The van der Waals surface area contributed by atoms with Gasteiger partial charge >= 0.3 is 0 Å². The number of likely N-dealkylation sites (tertiary alicyclic amines) is 2. The Balaban J connectivity index is 2.15. The van der Waals surface area contributed by atoms with E-state index in [2.05, 4.69) is 6.92 Å². The summed E-state index contributed by atoms with van der Waals surface area (Å²) in [6.45, 7) is 7.81. The fourth-order valence-corrected chi connectivity index (χ4v) is 2.68. The van der Waals surface area contributed by atoms with Gasteiger partial charge < -0.3 is 4.90 Å². The number of carbonyl (C=O) groups excluding carboxylic acids is 1. The van der Waals surface area contributed by atoms with Crippen LogP contribution in [-0.4, -0.2) is 52.8 Å². The molecule has 2 rings (SSSR count). The summed E-state index contributed by atoms with van der Waals surface area (Å²) < 4.78 is 26.7. The van der Waals surface area contributed by atoms with Gasteiger partial charge in [-0.25, -0.2) is 8.78 Å². The molecular weight excluding hydrogens is 276 g/mol. The first-order valence-electron chi connectivity index (χ1n) is 7.06. The van der Waals surface area contributed by atoms with E-state index in [4.69, 9.17) is 0 Å². The van der Waals surface area contributed by atoms with E-state index in [9.17, 15) is 18.8 Å². The Morgan fingerprint density at radius 3 is 2.52 bits per heavy atom. The lowest BCUT2D eigenvalue weighted by Crippen LogP contribution is -2.50. The van der Waals surface area contributed by atoms with Crippen molar-refractivity contribution in [2.75, 3.05) is 19.6 Å². The van der Waals surface area contributed by atoms with Crippen LogP contribution >= 0.6 is 0 Å². The van der Waals surface area contributed by atoms with Gasteiger partial charge in [0.2, 0.25) is 0 Å². The van der Waals surface area contributed by atoms with E-state index in [0.717, 1.165) is 6.42 Å². The summed E-state index contributed by atoms with van der Waals surface area (Å²) in [5, 5.41) is 9.21. The van der Waals surface area contributed by atoms with Gasteiger partial charge in [0.05, 0.1) is 6.54 Å². The second-order valence-electron chi connectivity index (χ2n) is 6.29. The van der Waals surface area contributed by atoms with Crippen molar-refractivity contribution in [3.05, 3.63) is 18.6 Å². The largest absolute Gasteiger partial charge is 0.335 e. The molecule has 0 spiro atoms. The number of halogens is 2. The summed E-state index contributed by atoms with van der Waals surface area (Å²) in [5.41, 5.74) is -0.758. The zero-order valence-electron chi connectivity index (χ0n) is 12.4. The number of alkyl halides is 2. The van der Waals surface area contributed by atoms with Crippen LogP contribution < -0.4 is 0 Å². The van der Waals surface area contributed by atoms with Gasteiger partial charge in [0.1, 0.15) is 11.6 Å². The van der Waals surface area contributed by atoms with Crippen LogP contribution in [0.4, 0.5) is 8.78 Å². The van der Waals surface area contributed by atoms with Crippen LogP contribution in [0.15, 0.2) is 11.6 Å². The Morgan fingerprint density at radius 1 is 1.48 bits per heavy atom. The lowest BCUT2D eigenvalue weighted by Gasteiger charge is -2.39. The first kappa shape index (κ1) is 15.9. The fraction of sp³-hybridized carbons (Fsp3) is 0.667. The van der Waals surface area contributed by atoms with E-state index in [0.29, 0.717) is 6.54 Å². The second-order valence-corrected chi connectivity index (χ2v) is 6.29. The molecule has 0 unspecified atom stereocenters. The van der Waals surface area contributed by atoms with E-state index in [1.54, 1.807) is 18.7 Å². The summed E-state index contributed by atoms with van der Waals surface area (Å²) in [7, 11) is 0. The summed E-state index contributed by atoms with van der Waals surface area (Å²) in [5.74, 6) is -3.06. The number of hydrogen-bond acceptors (Lipinski definition) is 3. The molecule has 2 saturated heterocycles. The average molecular weight is 296 g/mol. The topological polar surface area (TPSA) is 47.3 Å². The highest BCUT2D eigenvalue weighted by molar-refractivity contribution is 5.98. The Hall–Kier alpha value is -1.48. The molecule has 1 amide bonds. The molecule has 0 aromatic carbocycles. The molecule has 0 aliphatic carbocycles. The van der Waals surface area contributed by atoms with Crippen molar-refractivity contribution >= 4 is 5.91 Å². The highest BCUT2D eigenvalue weighted by atomic mass is 19.3. The summed E-state index contributed by atoms with van der Waals surface area (Å²) in [6.07, 6.45) is 2.14. The van der Waals surface area contributed by atoms with Crippen molar-refractivity contribution in [2.24, 2.45) is 0 Å². The van der Waals surface area contributed by atoms with Crippen molar-refractivity contribution in [1.29, 1.82) is 5.26 Å². The fourth-order valence-electron chi connectivity index (χ4n) is 2.68. The van der Waals surface area contributed by atoms with Gasteiger partial charge in [0.15, 0.2) is 0 Å². The zero-order chi connectivity index (χ0) is 15.8. The second kappa shape index (κ2) is 5.38. The maximum atomic E-state index is 13.3. The van der Waals surface area contributed by atoms with E-state index in [1.807, 2.05) is 6.07 Å². The summed E-state index contributed by atoms with van der Waals surface area (Å²) in [6, 6.07) is 1.80. The van der Waals surface area contributed by atoms with Gasteiger partial charge in [0, 0.05) is 31.1 Å².